The zero-order chi connectivity index (χ0) is 26.7. The van der Waals surface area contributed by atoms with Crippen LogP contribution in [0.2, 0.25) is 5.02 Å². The fourth-order valence-corrected chi connectivity index (χ4v) is 6.04. The third-order valence-corrected chi connectivity index (χ3v) is 8.00. The number of halogens is 2. The van der Waals surface area contributed by atoms with Crippen LogP contribution in [0.25, 0.3) is 32.8 Å². The Morgan fingerprint density at radius 2 is 1.68 bits per heavy atom. The molecule has 2 aliphatic heterocycles. The molecule has 1 unspecified atom stereocenters. The third kappa shape index (κ3) is 4.30. The molecule has 0 spiro atoms. The number of hydrogen-bond donors (Lipinski definition) is 2. The summed E-state index contributed by atoms with van der Waals surface area (Å²) in [7, 11) is 4.12. The highest BCUT2D eigenvalue weighted by atomic mass is 35.5. The van der Waals surface area contributed by atoms with Gasteiger partial charge in [0.1, 0.15) is 17.1 Å². The summed E-state index contributed by atoms with van der Waals surface area (Å²) in [5.41, 5.74) is 1.01. The lowest BCUT2D eigenvalue weighted by Crippen LogP contribution is -2.58. The van der Waals surface area contributed by atoms with Gasteiger partial charge in [-0.2, -0.15) is 4.98 Å². The van der Waals surface area contributed by atoms with Crippen LogP contribution in [0, 0.1) is 5.82 Å². The van der Waals surface area contributed by atoms with Gasteiger partial charge in [-0.05, 0) is 62.5 Å². The summed E-state index contributed by atoms with van der Waals surface area (Å²) < 4.78 is 16.6. The van der Waals surface area contributed by atoms with Crippen LogP contribution in [0.1, 0.15) is 13.8 Å². The molecule has 6 rings (SSSR count). The molecular formula is C29H32ClFN6O. The van der Waals surface area contributed by atoms with Crippen LogP contribution in [-0.4, -0.2) is 78.4 Å². The fraction of sp³-hybridized carbons (Fsp3) is 0.379. The van der Waals surface area contributed by atoms with Crippen LogP contribution in [0.3, 0.4) is 0 Å². The van der Waals surface area contributed by atoms with Gasteiger partial charge in [-0.25, -0.2) is 9.37 Å². The van der Waals surface area contributed by atoms with Crippen LogP contribution in [0.4, 0.5) is 16.2 Å². The number of rotatable bonds is 4. The summed E-state index contributed by atoms with van der Waals surface area (Å²) in [5, 5.41) is 16.5. The van der Waals surface area contributed by atoms with Crippen LogP contribution >= 0.6 is 11.6 Å². The van der Waals surface area contributed by atoms with Gasteiger partial charge in [0.25, 0.3) is 0 Å². The molecular weight excluding hydrogens is 503 g/mol. The van der Waals surface area contributed by atoms with E-state index in [1.165, 1.54) is 0 Å². The molecule has 198 valence electrons. The minimum absolute atomic E-state index is 0.0532. The second kappa shape index (κ2) is 9.52. The maximum Gasteiger partial charge on any atom is 0.228 e. The van der Waals surface area contributed by atoms with Crippen molar-refractivity contribution in [3.05, 3.63) is 53.3 Å². The Balaban J connectivity index is 1.57. The number of nitrogens with one attached hydrogen (secondary N) is 1. The Morgan fingerprint density at radius 3 is 2.39 bits per heavy atom. The standard InChI is InChI=1S/C29H32ClFN6O/c1-16-12-36(13-17(2)32-16)28-23-11-24(30)25(22-10-20(38)9-18-7-5-6-8-21(18)22)26(31)27(23)33-29(34-28)37-14-19(15-37)35(3)4/h5-11,16-17,19,32,38H,12-15H2,1-4H3/t16-,17?/m0/s1. The number of phenols is 1. The molecule has 2 fully saturated rings. The first-order chi connectivity index (χ1) is 18.2. The predicted molar refractivity (Wildman–Crippen MR) is 153 cm³/mol. The van der Waals surface area contributed by atoms with Gasteiger partial charge in [-0.1, -0.05) is 35.9 Å². The second-order valence-corrected chi connectivity index (χ2v) is 11.3. The predicted octanol–water partition coefficient (Wildman–Crippen LogP) is 4.88. The summed E-state index contributed by atoms with van der Waals surface area (Å²) in [6.07, 6.45) is 0. The minimum Gasteiger partial charge on any atom is -0.508 e. The normalized spacial score (nSPS) is 20.5. The van der Waals surface area contributed by atoms with E-state index >= 15 is 4.39 Å². The van der Waals surface area contributed by atoms with Crippen molar-refractivity contribution < 1.29 is 9.50 Å². The van der Waals surface area contributed by atoms with E-state index in [1.54, 1.807) is 18.2 Å². The van der Waals surface area contributed by atoms with Gasteiger partial charge >= 0.3 is 0 Å². The monoisotopic (exact) mass is 534 g/mol. The van der Waals surface area contributed by atoms with Crippen molar-refractivity contribution in [1.29, 1.82) is 0 Å². The van der Waals surface area contributed by atoms with Gasteiger partial charge in [-0.3, -0.25) is 0 Å². The zero-order valence-corrected chi connectivity index (χ0v) is 22.8. The van der Waals surface area contributed by atoms with E-state index in [-0.39, 0.29) is 33.9 Å². The van der Waals surface area contributed by atoms with Crippen molar-refractivity contribution in [2.45, 2.75) is 32.0 Å². The number of anilines is 2. The maximum absolute atomic E-state index is 16.6. The van der Waals surface area contributed by atoms with Crippen LogP contribution in [-0.2, 0) is 0 Å². The van der Waals surface area contributed by atoms with Gasteiger partial charge in [0.05, 0.1) is 5.02 Å². The Kier molecular flexibility index (Phi) is 6.29. The molecule has 0 radical (unpaired) electrons. The number of aromatic nitrogens is 2. The topological polar surface area (TPSA) is 67.8 Å². The number of aromatic hydroxyl groups is 1. The first-order valence-electron chi connectivity index (χ1n) is 13.0. The lowest BCUT2D eigenvalue weighted by molar-refractivity contribution is 0.245. The van der Waals surface area contributed by atoms with Crippen molar-refractivity contribution >= 4 is 45.0 Å². The van der Waals surface area contributed by atoms with Crippen LogP contribution in [0.15, 0.2) is 42.5 Å². The lowest BCUT2D eigenvalue weighted by Gasteiger charge is -2.43. The van der Waals surface area contributed by atoms with E-state index in [9.17, 15) is 5.11 Å². The number of piperazine rings is 1. The Morgan fingerprint density at radius 1 is 0.974 bits per heavy atom. The van der Waals surface area contributed by atoms with Gasteiger partial charge in [-0.15, -0.1) is 0 Å². The number of fused-ring (bicyclic) bond motifs is 2. The first kappa shape index (κ1) is 25.1. The number of nitrogens with zero attached hydrogens (tertiary/aromatic N) is 5. The maximum atomic E-state index is 16.6. The summed E-state index contributed by atoms with van der Waals surface area (Å²) in [5.74, 6) is 0.774. The molecule has 2 saturated heterocycles. The summed E-state index contributed by atoms with van der Waals surface area (Å²) in [4.78, 5) is 16.3. The first-order valence-corrected chi connectivity index (χ1v) is 13.4. The molecule has 2 aliphatic rings. The quantitative estimate of drug-likeness (QED) is 0.386. The molecule has 0 bridgehead atoms. The van der Waals surface area contributed by atoms with E-state index in [0.717, 1.165) is 37.0 Å². The highest BCUT2D eigenvalue weighted by Crippen LogP contribution is 2.42. The van der Waals surface area contributed by atoms with Crippen molar-refractivity contribution in [1.82, 2.24) is 20.2 Å². The zero-order valence-electron chi connectivity index (χ0n) is 22.0. The molecule has 9 heteroatoms. The van der Waals surface area contributed by atoms with Crippen molar-refractivity contribution in [2.75, 3.05) is 50.1 Å². The molecule has 3 aromatic carbocycles. The Labute approximate surface area is 226 Å². The van der Waals surface area contributed by atoms with Gasteiger partial charge in [0.15, 0.2) is 5.82 Å². The molecule has 2 atom stereocenters. The smallest absolute Gasteiger partial charge is 0.228 e. The van der Waals surface area contributed by atoms with E-state index in [4.69, 9.17) is 21.6 Å². The highest BCUT2D eigenvalue weighted by molar-refractivity contribution is 6.35. The second-order valence-electron chi connectivity index (χ2n) is 10.9. The Bertz CT molecular complexity index is 1530. The molecule has 7 nitrogen and oxygen atoms in total. The fourth-order valence-electron chi connectivity index (χ4n) is 5.74. The minimum atomic E-state index is -0.505. The van der Waals surface area contributed by atoms with Crippen LogP contribution < -0.4 is 15.1 Å². The summed E-state index contributed by atoms with van der Waals surface area (Å²) >= 11 is 6.83. The molecule has 4 aromatic rings. The molecule has 2 N–H and O–H groups in total. The number of likely N-dealkylation sites (N-methyl/N-ethyl adjacent to an activating group) is 1. The lowest BCUT2D eigenvalue weighted by atomic mass is 9.96. The third-order valence-electron chi connectivity index (χ3n) is 7.70. The van der Waals surface area contributed by atoms with E-state index in [1.807, 2.05) is 24.3 Å². The SMILES string of the molecule is CC1CN(c2nc(N3CC(N(C)C)C3)nc3c(F)c(-c4cc(O)cc5ccccc45)c(Cl)cc23)C[C@H](C)N1. The molecule has 0 saturated carbocycles. The Hall–Kier alpha value is -3.20. The van der Waals surface area contributed by atoms with Gasteiger partial charge < -0.3 is 25.1 Å². The van der Waals surface area contributed by atoms with Crippen molar-refractivity contribution in [2.24, 2.45) is 0 Å². The number of benzene rings is 3. The molecule has 3 heterocycles. The van der Waals surface area contributed by atoms with Crippen molar-refractivity contribution in [3.8, 4) is 16.9 Å². The van der Waals surface area contributed by atoms with Crippen molar-refractivity contribution in [3.63, 3.8) is 0 Å². The molecule has 38 heavy (non-hydrogen) atoms. The van der Waals surface area contributed by atoms with E-state index < -0.39 is 5.82 Å². The van der Waals surface area contributed by atoms with Gasteiger partial charge in [0, 0.05) is 55.3 Å². The average Bonchev–Trinajstić information content (AvgIpc) is 2.82. The summed E-state index contributed by atoms with van der Waals surface area (Å²) in [6.45, 7) is 7.34. The molecule has 0 amide bonds. The van der Waals surface area contributed by atoms with Gasteiger partial charge in [0.2, 0.25) is 5.95 Å². The highest BCUT2D eigenvalue weighted by Gasteiger charge is 2.33. The number of phenolic OH excluding ortho intramolecular Hbond substituents is 1. The van der Waals surface area contributed by atoms with E-state index in [2.05, 4.69) is 48.0 Å². The largest absolute Gasteiger partial charge is 0.508 e. The average molecular weight is 535 g/mol. The number of hydrogen-bond acceptors (Lipinski definition) is 7. The van der Waals surface area contributed by atoms with E-state index in [0.29, 0.717) is 28.8 Å². The summed E-state index contributed by atoms with van der Waals surface area (Å²) in [6, 6.07) is 13.5. The molecule has 0 aliphatic carbocycles. The van der Waals surface area contributed by atoms with Crippen LogP contribution in [0.5, 0.6) is 5.75 Å². The molecule has 1 aromatic heterocycles.